The van der Waals surface area contributed by atoms with Gasteiger partial charge in [-0.15, -0.1) is 0 Å². The number of rotatable bonds is 68. The van der Waals surface area contributed by atoms with Gasteiger partial charge in [0.05, 0.1) is 26.4 Å². The molecule has 0 aliphatic carbocycles. The molecule has 17 nitrogen and oxygen atoms in total. The molecule has 0 amide bonds. The highest BCUT2D eigenvalue weighted by Gasteiger charge is 2.30. The van der Waals surface area contributed by atoms with Crippen molar-refractivity contribution in [1.82, 2.24) is 0 Å². The van der Waals surface area contributed by atoms with Crippen LogP contribution in [0, 0.1) is 0 Å². The maximum Gasteiger partial charge on any atom is 0.472 e. The number of hydrogen-bond donors (Lipinski definition) is 3. The van der Waals surface area contributed by atoms with Crippen LogP contribution in [0.4, 0.5) is 0 Å². The fraction of sp³-hybridized carbons (Fsp3) is 0.940. The molecule has 0 saturated carbocycles. The van der Waals surface area contributed by atoms with Gasteiger partial charge >= 0.3 is 39.5 Å². The molecule has 0 aromatic rings. The van der Waals surface area contributed by atoms with Crippen LogP contribution in [0.15, 0.2) is 0 Å². The molecule has 0 aromatic carbocycles. The second-order valence-electron chi connectivity index (χ2n) is 24.2. The zero-order valence-corrected chi connectivity index (χ0v) is 57.1. The number of aliphatic hydroxyl groups is 1. The molecule has 0 radical (unpaired) electrons. The first-order valence-electron chi connectivity index (χ1n) is 35.3. The van der Waals surface area contributed by atoms with E-state index < -0.39 is 97.5 Å². The van der Waals surface area contributed by atoms with E-state index in [1.54, 1.807) is 0 Å². The maximum absolute atomic E-state index is 13.0. The van der Waals surface area contributed by atoms with E-state index in [2.05, 4.69) is 27.7 Å². The Bertz CT molecular complexity index is 1650. The third-order valence-corrected chi connectivity index (χ3v) is 17.5. The van der Waals surface area contributed by atoms with Crippen LogP contribution in [0.2, 0.25) is 0 Å². The fourth-order valence-corrected chi connectivity index (χ4v) is 11.7. The van der Waals surface area contributed by atoms with E-state index in [4.69, 9.17) is 37.0 Å². The number of carbonyl (C=O) groups is 4. The van der Waals surface area contributed by atoms with Crippen LogP contribution in [-0.4, -0.2) is 96.7 Å². The standard InChI is InChI=1S/C67H130O17P2/c1-5-9-13-17-20-23-26-28-30-31-32-34-36-39-42-46-50-54-67(72)84-63(58-78-65(70)52-48-44-40-38-35-33-29-27-24-21-18-14-10-6-2)60-82-86(75,76)80-56-61(68)55-79-85(73,74)81-59-62(57-77-64(69)51-47-43-16-12-8-4)83-66(71)53-49-45-41-37-25-22-19-15-11-7-3/h61-63,68H,5-60H2,1-4H3,(H,73,74)(H,75,76)/t61-,62+,63+/m0/s1. The third kappa shape index (κ3) is 60.9. The van der Waals surface area contributed by atoms with Crippen molar-refractivity contribution in [2.75, 3.05) is 39.6 Å². The Morgan fingerprint density at radius 1 is 0.279 bits per heavy atom. The number of esters is 4. The molecule has 0 spiro atoms. The van der Waals surface area contributed by atoms with Crippen molar-refractivity contribution in [2.45, 2.75) is 367 Å². The average Bonchev–Trinajstić information content (AvgIpc) is 3.69. The van der Waals surface area contributed by atoms with Crippen LogP contribution in [0.3, 0.4) is 0 Å². The highest BCUT2D eigenvalue weighted by molar-refractivity contribution is 7.47. The molecule has 86 heavy (non-hydrogen) atoms. The molecule has 3 N–H and O–H groups in total. The lowest BCUT2D eigenvalue weighted by Crippen LogP contribution is -2.30. The van der Waals surface area contributed by atoms with Crippen molar-refractivity contribution in [2.24, 2.45) is 0 Å². The Morgan fingerprint density at radius 3 is 0.686 bits per heavy atom. The molecule has 0 aliphatic rings. The zero-order chi connectivity index (χ0) is 63.3. The van der Waals surface area contributed by atoms with Gasteiger partial charge in [-0.05, 0) is 25.7 Å². The first-order valence-corrected chi connectivity index (χ1v) is 38.3. The first kappa shape index (κ1) is 84.1. The van der Waals surface area contributed by atoms with Crippen LogP contribution in [0.1, 0.15) is 349 Å². The molecule has 0 aromatic heterocycles. The number of unbranched alkanes of at least 4 members (excludes halogenated alkanes) is 42. The summed E-state index contributed by atoms with van der Waals surface area (Å²) in [4.78, 5) is 72.1. The summed E-state index contributed by atoms with van der Waals surface area (Å²) in [6.45, 7) is 4.83. The molecule has 0 bridgehead atoms. The van der Waals surface area contributed by atoms with Gasteiger partial charge in [0.1, 0.15) is 19.3 Å². The van der Waals surface area contributed by atoms with Gasteiger partial charge in [-0.3, -0.25) is 37.3 Å². The van der Waals surface area contributed by atoms with Gasteiger partial charge < -0.3 is 33.8 Å². The van der Waals surface area contributed by atoms with E-state index in [0.717, 1.165) is 96.3 Å². The summed E-state index contributed by atoms with van der Waals surface area (Å²) >= 11 is 0. The first-order chi connectivity index (χ1) is 41.7. The number of phosphoric ester groups is 2. The van der Waals surface area contributed by atoms with Crippen molar-refractivity contribution >= 4 is 39.5 Å². The molecule has 19 heteroatoms. The largest absolute Gasteiger partial charge is 0.472 e. The van der Waals surface area contributed by atoms with Crippen LogP contribution in [0.25, 0.3) is 0 Å². The van der Waals surface area contributed by atoms with Crippen molar-refractivity contribution in [1.29, 1.82) is 0 Å². The van der Waals surface area contributed by atoms with Crippen LogP contribution >= 0.6 is 15.6 Å². The third-order valence-electron chi connectivity index (χ3n) is 15.6. The smallest absolute Gasteiger partial charge is 0.462 e. The molecule has 0 heterocycles. The summed E-state index contributed by atoms with van der Waals surface area (Å²) in [5.74, 6) is -2.14. The second-order valence-corrected chi connectivity index (χ2v) is 27.1. The quantitative estimate of drug-likeness (QED) is 0.0222. The molecule has 5 atom stereocenters. The summed E-state index contributed by atoms with van der Waals surface area (Å²) < 4.78 is 67.9. The normalized spacial score (nSPS) is 14.1. The van der Waals surface area contributed by atoms with Gasteiger partial charge in [-0.1, -0.05) is 297 Å². The zero-order valence-electron chi connectivity index (χ0n) is 55.3. The minimum absolute atomic E-state index is 0.106. The summed E-state index contributed by atoms with van der Waals surface area (Å²) in [5.41, 5.74) is 0. The predicted molar refractivity (Wildman–Crippen MR) is 345 cm³/mol. The predicted octanol–water partition coefficient (Wildman–Crippen LogP) is 19.1. The van der Waals surface area contributed by atoms with Gasteiger partial charge in [-0.2, -0.15) is 0 Å². The Morgan fingerprint density at radius 2 is 0.465 bits per heavy atom. The van der Waals surface area contributed by atoms with E-state index in [0.29, 0.717) is 25.7 Å². The van der Waals surface area contributed by atoms with E-state index in [1.807, 2.05) is 0 Å². The van der Waals surface area contributed by atoms with E-state index in [-0.39, 0.29) is 25.7 Å². The summed E-state index contributed by atoms with van der Waals surface area (Å²) in [5, 5.41) is 10.5. The van der Waals surface area contributed by atoms with Gasteiger partial charge in [0, 0.05) is 25.7 Å². The van der Waals surface area contributed by atoms with Gasteiger partial charge in [-0.25, -0.2) is 9.13 Å². The highest BCUT2D eigenvalue weighted by atomic mass is 31.2. The SMILES string of the molecule is CCCCCCCCCCCCCCCCCCCC(=O)O[C@H](COC(=O)CCCCCCCCCCCCCCCC)COP(=O)(O)OC[C@@H](O)COP(=O)(O)OC[C@@H](COC(=O)CCCCCCC)OC(=O)CCCCCCCCCCCC. The van der Waals surface area contributed by atoms with Crippen molar-refractivity contribution in [3.63, 3.8) is 0 Å². The van der Waals surface area contributed by atoms with Gasteiger partial charge in [0.25, 0.3) is 0 Å². The number of ether oxygens (including phenoxy) is 4. The Balaban J connectivity index is 5.15. The van der Waals surface area contributed by atoms with E-state index in [9.17, 15) is 43.2 Å². The van der Waals surface area contributed by atoms with Crippen LogP contribution in [-0.2, 0) is 65.4 Å². The molecule has 0 fully saturated rings. The number of hydrogen-bond acceptors (Lipinski definition) is 15. The highest BCUT2D eigenvalue weighted by Crippen LogP contribution is 2.45. The van der Waals surface area contributed by atoms with Crippen LogP contribution in [0.5, 0.6) is 0 Å². The molecular weight excluding hydrogens is 1140 g/mol. The topological polar surface area (TPSA) is 237 Å². The molecule has 0 rings (SSSR count). The van der Waals surface area contributed by atoms with E-state index in [1.165, 1.54) is 173 Å². The monoisotopic (exact) mass is 1270 g/mol. The minimum atomic E-state index is -4.95. The molecule has 0 aliphatic heterocycles. The Labute approximate surface area is 524 Å². The summed E-state index contributed by atoms with van der Waals surface area (Å²) in [6.07, 6.45) is 48.9. The molecule has 2 unspecified atom stereocenters. The Kier molecular flexibility index (Phi) is 60.5. The maximum atomic E-state index is 13.0. The van der Waals surface area contributed by atoms with Crippen LogP contribution < -0.4 is 0 Å². The lowest BCUT2D eigenvalue weighted by Gasteiger charge is -2.21. The second kappa shape index (κ2) is 61.9. The average molecular weight is 1270 g/mol. The van der Waals surface area contributed by atoms with E-state index >= 15 is 0 Å². The lowest BCUT2D eigenvalue weighted by atomic mass is 10.0. The van der Waals surface area contributed by atoms with Gasteiger partial charge in [0.15, 0.2) is 12.2 Å². The summed E-state index contributed by atoms with van der Waals surface area (Å²) in [7, 11) is -9.88. The minimum Gasteiger partial charge on any atom is -0.462 e. The Hall–Kier alpha value is -1.94. The fourth-order valence-electron chi connectivity index (χ4n) is 10.2. The van der Waals surface area contributed by atoms with Crippen molar-refractivity contribution in [3.8, 4) is 0 Å². The summed E-state index contributed by atoms with van der Waals surface area (Å²) in [6, 6.07) is 0. The number of carbonyl (C=O) groups excluding carboxylic acids is 4. The molecule has 0 saturated heterocycles. The van der Waals surface area contributed by atoms with Gasteiger partial charge in [0.2, 0.25) is 0 Å². The molecular formula is C67H130O17P2. The van der Waals surface area contributed by atoms with Crippen molar-refractivity contribution in [3.05, 3.63) is 0 Å². The molecule has 510 valence electrons. The lowest BCUT2D eigenvalue weighted by molar-refractivity contribution is -0.161. The number of aliphatic hydroxyl groups excluding tert-OH is 1. The number of phosphoric acid groups is 2. The van der Waals surface area contributed by atoms with Crippen molar-refractivity contribution < 1.29 is 80.2 Å².